The molecule has 1 heterocycles. The van der Waals surface area contributed by atoms with Crippen LogP contribution in [0.2, 0.25) is 10.0 Å². The van der Waals surface area contributed by atoms with Crippen LogP contribution in [0.15, 0.2) is 42.5 Å². The van der Waals surface area contributed by atoms with Gasteiger partial charge in [-0.25, -0.2) is 0 Å². The summed E-state index contributed by atoms with van der Waals surface area (Å²) in [5, 5.41) is 12.2. The number of hydrogen-bond acceptors (Lipinski definition) is 4. The van der Waals surface area contributed by atoms with Crippen LogP contribution in [0.4, 0.5) is 11.4 Å². The zero-order valence-electron chi connectivity index (χ0n) is 13.9. The second-order valence-electron chi connectivity index (χ2n) is 6.04. The fourth-order valence-electron chi connectivity index (χ4n) is 3.03. The Morgan fingerprint density at radius 3 is 2.31 bits per heavy atom. The molecule has 0 spiro atoms. The number of nitrogens with zero attached hydrogens (tertiary/aromatic N) is 3. The zero-order valence-corrected chi connectivity index (χ0v) is 15.4. The molecule has 0 radical (unpaired) electrons. The van der Waals surface area contributed by atoms with Gasteiger partial charge in [-0.15, -0.1) is 0 Å². The Morgan fingerprint density at radius 1 is 1.04 bits per heavy atom. The Bertz CT molecular complexity index is 819. The van der Waals surface area contributed by atoms with Crippen LogP contribution < -0.4 is 4.90 Å². The van der Waals surface area contributed by atoms with E-state index in [1.54, 1.807) is 29.2 Å². The smallest absolute Gasteiger partial charge is 0.294 e. The van der Waals surface area contributed by atoms with Crippen molar-refractivity contribution in [2.45, 2.75) is 6.42 Å². The van der Waals surface area contributed by atoms with E-state index in [0.717, 1.165) is 5.56 Å². The summed E-state index contributed by atoms with van der Waals surface area (Å²) in [5.41, 5.74) is 1.31. The number of carbonyl (C=O) groups excluding carboxylic acids is 1. The molecule has 0 aromatic heterocycles. The Kier molecular flexibility index (Phi) is 5.64. The van der Waals surface area contributed by atoms with Gasteiger partial charge >= 0.3 is 0 Å². The van der Waals surface area contributed by atoms with Gasteiger partial charge in [0.25, 0.3) is 5.69 Å². The molecule has 0 unspecified atom stereocenters. The first-order valence-corrected chi connectivity index (χ1v) is 8.91. The van der Waals surface area contributed by atoms with Gasteiger partial charge < -0.3 is 9.80 Å². The number of hydrogen-bond donors (Lipinski definition) is 0. The molecule has 6 nitrogen and oxygen atoms in total. The molecule has 0 saturated carbocycles. The molecule has 3 rings (SSSR count). The van der Waals surface area contributed by atoms with Crippen molar-refractivity contribution in [3.63, 3.8) is 0 Å². The average molecular weight is 394 g/mol. The van der Waals surface area contributed by atoms with Gasteiger partial charge in [-0.2, -0.15) is 0 Å². The van der Waals surface area contributed by atoms with E-state index in [9.17, 15) is 14.9 Å². The molecule has 26 heavy (non-hydrogen) atoms. The summed E-state index contributed by atoms with van der Waals surface area (Å²) in [4.78, 5) is 26.9. The first-order chi connectivity index (χ1) is 12.5. The maximum Gasteiger partial charge on any atom is 0.294 e. The van der Waals surface area contributed by atoms with E-state index in [-0.39, 0.29) is 11.6 Å². The molecule has 1 amide bonds. The minimum Gasteiger partial charge on any atom is -0.361 e. The highest BCUT2D eigenvalue weighted by molar-refractivity contribution is 6.33. The molecule has 2 aromatic rings. The van der Waals surface area contributed by atoms with Crippen LogP contribution >= 0.6 is 23.2 Å². The highest BCUT2D eigenvalue weighted by Crippen LogP contribution is 2.35. The normalized spacial score (nSPS) is 14.4. The van der Waals surface area contributed by atoms with E-state index in [2.05, 4.69) is 0 Å². The van der Waals surface area contributed by atoms with E-state index >= 15 is 0 Å². The molecule has 136 valence electrons. The van der Waals surface area contributed by atoms with Gasteiger partial charge in [-0.1, -0.05) is 41.4 Å². The Balaban J connectivity index is 1.65. The van der Waals surface area contributed by atoms with Crippen LogP contribution in [-0.2, 0) is 11.2 Å². The van der Waals surface area contributed by atoms with E-state index in [0.29, 0.717) is 48.3 Å². The first-order valence-electron chi connectivity index (χ1n) is 8.16. The SMILES string of the molecule is O=C(Cc1ccc(Cl)cc1)N1CCN(c2c(Cl)cccc2[N+](=O)[O-])CC1. The van der Waals surface area contributed by atoms with Crippen molar-refractivity contribution in [3.8, 4) is 0 Å². The van der Waals surface area contributed by atoms with Gasteiger partial charge in [-0.05, 0) is 23.8 Å². The summed E-state index contributed by atoms with van der Waals surface area (Å²) in [7, 11) is 0. The maximum atomic E-state index is 12.5. The van der Waals surface area contributed by atoms with Crippen LogP contribution in [0.5, 0.6) is 0 Å². The van der Waals surface area contributed by atoms with Crippen molar-refractivity contribution in [3.05, 3.63) is 68.2 Å². The highest BCUT2D eigenvalue weighted by atomic mass is 35.5. The van der Waals surface area contributed by atoms with Gasteiger partial charge in [0.1, 0.15) is 5.69 Å². The molecule has 1 saturated heterocycles. The summed E-state index contributed by atoms with van der Waals surface area (Å²) in [5.74, 6) is 0.0284. The first kappa shape index (κ1) is 18.5. The van der Waals surface area contributed by atoms with Gasteiger partial charge in [0, 0.05) is 37.3 Å². The van der Waals surface area contributed by atoms with Crippen molar-refractivity contribution in [2.75, 3.05) is 31.1 Å². The molecule has 1 aliphatic rings. The predicted molar refractivity (Wildman–Crippen MR) is 102 cm³/mol. The van der Waals surface area contributed by atoms with Crippen LogP contribution in [0.1, 0.15) is 5.56 Å². The number of benzene rings is 2. The highest BCUT2D eigenvalue weighted by Gasteiger charge is 2.27. The number of nitro groups is 1. The van der Waals surface area contributed by atoms with Crippen LogP contribution in [0.25, 0.3) is 0 Å². The standard InChI is InChI=1S/C18H17Cl2N3O3/c19-14-6-4-13(5-7-14)12-17(24)21-8-10-22(11-9-21)18-15(20)2-1-3-16(18)23(25)26/h1-7H,8-12H2. The lowest BCUT2D eigenvalue weighted by molar-refractivity contribution is -0.384. The quantitative estimate of drug-likeness (QED) is 0.585. The molecule has 1 fully saturated rings. The molecule has 0 N–H and O–H groups in total. The van der Waals surface area contributed by atoms with Gasteiger partial charge in [0.15, 0.2) is 0 Å². The Hall–Kier alpha value is -2.31. The number of amides is 1. The maximum absolute atomic E-state index is 12.5. The van der Waals surface area contributed by atoms with E-state index < -0.39 is 4.92 Å². The number of nitro benzene ring substituents is 1. The topological polar surface area (TPSA) is 66.7 Å². The number of piperazine rings is 1. The summed E-state index contributed by atoms with van der Waals surface area (Å²) in [6.45, 7) is 1.98. The van der Waals surface area contributed by atoms with Crippen molar-refractivity contribution >= 4 is 40.5 Å². The fourth-order valence-corrected chi connectivity index (χ4v) is 3.45. The van der Waals surface area contributed by atoms with Crippen molar-refractivity contribution in [2.24, 2.45) is 0 Å². The predicted octanol–water partition coefficient (Wildman–Crippen LogP) is 3.79. The van der Waals surface area contributed by atoms with Crippen molar-refractivity contribution in [1.82, 2.24) is 4.90 Å². The molecule has 0 aliphatic carbocycles. The number of halogens is 2. The number of rotatable bonds is 4. The summed E-state index contributed by atoms with van der Waals surface area (Å²) in [6.07, 6.45) is 0.309. The molecule has 0 bridgehead atoms. The lowest BCUT2D eigenvalue weighted by atomic mass is 10.1. The molecule has 8 heteroatoms. The Labute approximate surface area is 161 Å². The summed E-state index contributed by atoms with van der Waals surface area (Å²) < 4.78 is 0. The van der Waals surface area contributed by atoms with Gasteiger partial charge in [-0.3, -0.25) is 14.9 Å². The van der Waals surface area contributed by atoms with E-state index in [1.807, 2.05) is 17.0 Å². The summed E-state index contributed by atoms with van der Waals surface area (Å²) >= 11 is 12.0. The third-order valence-corrected chi connectivity index (χ3v) is 4.94. The van der Waals surface area contributed by atoms with Crippen LogP contribution in [-0.4, -0.2) is 41.9 Å². The average Bonchev–Trinajstić information content (AvgIpc) is 2.63. The monoisotopic (exact) mass is 393 g/mol. The largest absolute Gasteiger partial charge is 0.361 e. The molecule has 2 aromatic carbocycles. The zero-order chi connectivity index (χ0) is 18.7. The lowest BCUT2D eigenvalue weighted by Gasteiger charge is -2.36. The molecule has 1 aliphatic heterocycles. The molecule has 0 atom stereocenters. The van der Waals surface area contributed by atoms with Crippen molar-refractivity contribution < 1.29 is 9.72 Å². The van der Waals surface area contributed by atoms with Crippen LogP contribution in [0.3, 0.4) is 0 Å². The molecular weight excluding hydrogens is 377 g/mol. The fraction of sp³-hybridized carbons (Fsp3) is 0.278. The van der Waals surface area contributed by atoms with Gasteiger partial charge in [0.2, 0.25) is 5.91 Å². The van der Waals surface area contributed by atoms with E-state index in [1.165, 1.54) is 6.07 Å². The van der Waals surface area contributed by atoms with E-state index in [4.69, 9.17) is 23.2 Å². The summed E-state index contributed by atoms with van der Waals surface area (Å²) in [6, 6.07) is 11.8. The number of para-hydroxylation sites is 1. The molecular formula is C18H17Cl2N3O3. The number of anilines is 1. The van der Waals surface area contributed by atoms with Crippen LogP contribution in [0, 0.1) is 10.1 Å². The minimum atomic E-state index is -0.431. The van der Waals surface area contributed by atoms with Gasteiger partial charge in [0.05, 0.1) is 16.4 Å². The minimum absolute atomic E-state index is 0.0153. The lowest BCUT2D eigenvalue weighted by Crippen LogP contribution is -2.49. The number of carbonyl (C=O) groups is 1. The Morgan fingerprint density at radius 2 is 1.69 bits per heavy atom. The second-order valence-corrected chi connectivity index (χ2v) is 6.88. The third kappa shape index (κ3) is 4.08. The van der Waals surface area contributed by atoms with Crippen molar-refractivity contribution in [1.29, 1.82) is 0 Å². The second kappa shape index (κ2) is 7.93. The third-order valence-electron chi connectivity index (χ3n) is 4.38.